The van der Waals surface area contributed by atoms with Crippen LogP contribution >= 0.6 is 11.6 Å². The topological polar surface area (TPSA) is 80.4 Å². The summed E-state index contributed by atoms with van der Waals surface area (Å²) in [4.78, 5) is 29.1. The minimum Gasteiger partial charge on any atom is -0.463 e. The van der Waals surface area contributed by atoms with Gasteiger partial charge in [0.1, 0.15) is 16.9 Å². The monoisotopic (exact) mass is 488 g/mol. The molecule has 178 valence electrons. The Morgan fingerprint density at radius 3 is 2.57 bits per heavy atom. The first-order valence-electron chi connectivity index (χ1n) is 11.3. The van der Waals surface area contributed by atoms with Crippen LogP contribution in [0.4, 0.5) is 5.69 Å². The molecule has 0 spiro atoms. The van der Waals surface area contributed by atoms with E-state index in [9.17, 15) is 9.59 Å². The van der Waals surface area contributed by atoms with Gasteiger partial charge in [0, 0.05) is 23.3 Å². The lowest BCUT2D eigenvalue weighted by atomic mass is 9.93. The van der Waals surface area contributed by atoms with E-state index in [1.807, 2.05) is 44.2 Å². The molecular formula is C27H25ClN4O3. The van der Waals surface area contributed by atoms with Gasteiger partial charge in [-0.2, -0.15) is 5.10 Å². The summed E-state index contributed by atoms with van der Waals surface area (Å²) in [7, 11) is 0. The van der Waals surface area contributed by atoms with Crippen molar-refractivity contribution in [3.05, 3.63) is 94.3 Å². The van der Waals surface area contributed by atoms with Gasteiger partial charge in [0.2, 0.25) is 5.91 Å². The minimum absolute atomic E-state index is 0.189. The molecule has 2 aromatic carbocycles. The highest BCUT2D eigenvalue weighted by Gasteiger charge is 2.49. The highest BCUT2D eigenvalue weighted by Crippen LogP contribution is 2.35. The molecular weight excluding hydrogens is 464 g/mol. The Bertz CT molecular complexity index is 1410. The van der Waals surface area contributed by atoms with E-state index in [2.05, 4.69) is 10.4 Å². The Balaban J connectivity index is 1.54. The molecule has 2 amide bonds. The molecule has 8 heteroatoms. The van der Waals surface area contributed by atoms with E-state index in [4.69, 9.17) is 16.0 Å². The van der Waals surface area contributed by atoms with E-state index >= 15 is 0 Å². The molecule has 5 rings (SSSR count). The number of rotatable bonds is 5. The van der Waals surface area contributed by atoms with Crippen molar-refractivity contribution in [2.75, 3.05) is 4.90 Å². The number of fused-ring (bicyclic) bond motifs is 1. The lowest BCUT2D eigenvalue weighted by Crippen LogP contribution is -2.64. The van der Waals surface area contributed by atoms with Crippen molar-refractivity contribution in [2.24, 2.45) is 0 Å². The van der Waals surface area contributed by atoms with Crippen molar-refractivity contribution >= 4 is 29.1 Å². The number of hydrogen-bond donors (Lipinski definition) is 1. The number of carbonyl (C=O) groups excluding carboxylic acids is 2. The fourth-order valence-electron chi connectivity index (χ4n) is 4.37. The van der Waals surface area contributed by atoms with Gasteiger partial charge in [-0.15, -0.1) is 0 Å². The third-order valence-corrected chi connectivity index (χ3v) is 6.78. The van der Waals surface area contributed by atoms with Crippen LogP contribution in [0.1, 0.15) is 34.1 Å². The maximum Gasteiger partial charge on any atom is 0.277 e. The zero-order valence-electron chi connectivity index (χ0n) is 19.7. The molecule has 4 aromatic rings. The van der Waals surface area contributed by atoms with Gasteiger partial charge in [0.05, 0.1) is 12.8 Å². The third-order valence-electron chi connectivity index (χ3n) is 6.53. The molecule has 0 bridgehead atoms. The predicted molar refractivity (Wildman–Crippen MR) is 134 cm³/mol. The molecule has 1 N–H and O–H groups in total. The van der Waals surface area contributed by atoms with Crippen LogP contribution in [0.3, 0.4) is 0 Å². The summed E-state index contributed by atoms with van der Waals surface area (Å²) in [5, 5.41) is 8.22. The molecule has 0 saturated heterocycles. The van der Waals surface area contributed by atoms with Crippen LogP contribution in [0, 0.1) is 13.8 Å². The van der Waals surface area contributed by atoms with Crippen molar-refractivity contribution < 1.29 is 14.0 Å². The van der Waals surface area contributed by atoms with E-state index in [1.165, 1.54) is 0 Å². The van der Waals surface area contributed by atoms with Gasteiger partial charge in [0.15, 0.2) is 5.76 Å². The number of anilines is 1. The van der Waals surface area contributed by atoms with Gasteiger partial charge >= 0.3 is 0 Å². The zero-order valence-corrected chi connectivity index (χ0v) is 20.5. The first kappa shape index (κ1) is 22.9. The number of aromatic nitrogens is 2. The number of amides is 2. The Hall–Kier alpha value is -3.84. The number of nitrogens with one attached hydrogen (secondary N) is 1. The fourth-order valence-corrected chi connectivity index (χ4v) is 4.50. The lowest BCUT2D eigenvalue weighted by molar-refractivity contribution is -0.126. The van der Waals surface area contributed by atoms with E-state index < -0.39 is 5.54 Å². The highest BCUT2D eigenvalue weighted by molar-refractivity contribution is 6.30. The van der Waals surface area contributed by atoms with Gasteiger partial charge in [-0.25, -0.2) is 0 Å². The number of aryl methyl sites for hydroxylation is 2. The second kappa shape index (κ2) is 8.74. The molecule has 0 saturated carbocycles. The number of furan rings is 1. The number of nitrogens with zero attached hydrogens (tertiary/aromatic N) is 3. The summed E-state index contributed by atoms with van der Waals surface area (Å²) in [6.07, 6.45) is 1.56. The summed E-state index contributed by atoms with van der Waals surface area (Å²) in [5.41, 5.74) is 3.44. The van der Waals surface area contributed by atoms with Crippen LogP contribution in [-0.4, -0.2) is 27.1 Å². The molecule has 2 aromatic heterocycles. The molecule has 0 aliphatic carbocycles. The Morgan fingerprint density at radius 2 is 1.89 bits per heavy atom. The standard InChI is InChI=1S/C27H25ClN4O3/c1-17-6-11-21(13-18(17)2)32-25(33)23-14-22(24-5-4-12-35-24)30-31(23)16-27(32,3)26(34)29-15-19-7-9-20(28)10-8-19/h4-14H,15-16H2,1-3H3,(H,29,34). The molecule has 3 heterocycles. The predicted octanol–water partition coefficient (Wildman–Crippen LogP) is 5.15. The van der Waals surface area contributed by atoms with Gasteiger partial charge in [-0.1, -0.05) is 29.8 Å². The number of hydrogen-bond acceptors (Lipinski definition) is 4. The zero-order chi connectivity index (χ0) is 24.7. The average Bonchev–Trinajstić information content (AvgIpc) is 3.51. The van der Waals surface area contributed by atoms with Crippen LogP contribution in [0.25, 0.3) is 11.5 Å². The highest BCUT2D eigenvalue weighted by atomic mass is 35.5. The van der Waals surface area contributed by atoms with Crippen LogP contribution in [0.2, 0.25) is 5.02 Å². The largest absolute Gasteiger partial charge is 0.463 e. The maximum atomic E-state index is 13.9. The van der Waals surface area contributed by atoms with Gasteiger partial charge in [0.25, 0.3) is 5.91 Å². The first-order valence-corrected chi connectivity index (χ1v) is 11.7. The third kappa shape index (κ3) is 4.12. The van der Waals surface area contributed by atoms with Crippen molar-refractivity contribution in [3.8, 4) is 11.5 Å². The van der Waals surface area contributed by atoms with Crippen molar-refractivity contribution in [3.63, 3.8) is 0 Å². The van der Waals surface area contributed by atoms with Crippen LogP contribution in [0.5, 0.6) is 0 Å². The summed E-state index contributed by atoms with van der Waals surface area (Å²) >= 11 is 5.98. The van der Waals surface area contributed by atoms with Crippen LogP contribution in [0.15, 0.2) is 71.3 Å². The van der Waals surface area contributed by atoms with Crippen molar-refractivity contribution in [1.82, 2.24) is 15.1 Å². The molecule has 0 fully saturated rings. The molecule has 0 radical (unpaired) electrons. The minimum atomic E-state index is -1.22. The molecule has 7 nitrogen and oxygen atoms in total. The van der Waals surface area contributed by atoms with Gasteiger partial charge in [-0.3, -0.25) is 19.2 Å². The number of carbonyl (C=O) groups is 2. The van der Waals surface area contributed by atoms with E-state index in [-0.39, 0.29) is 18.4 Å². The Morgan fingerprint density at radius 1 is 1.11 bits per heavy atom. The SMILES string of the molecule is Cc1ccc(N2C(=O)c3cc(-c4ccco4)nn3CC2(C)C(=O)NCc2ccc(Cl)cc2)cc1C. The maximum absolute atomic E-state index is 13.9. The summed E-state index contributed by atoms with van der Waals surface area (Å²) in [6.45, 7) is 6.27. The van der Waals surface area contributed by atoms with Crippen LogP contribution < -0.4 is 10.2 Å². The Labute approximate surface area is 208 Å². The molecule has 1 unspecified atom stereocenters. The summed E-state index contributed by atoms with van der Waals surface area (Å²) < 4.78 is 7.08. The smallest absolute Gasteiger partial charge is 0.277 e. The number of benzene rings is 2. The summed E-state index contributed by atoms with van der Waals surface area (Å²) in [6, 6.07) is 18.3. The second-order valence-corrected chi connectivity index (χ2v) is 9.48. The van der Waals surface area contributed by atoms with Crippen molar-refractivity contribution in [2.45, 2.75) is 39.4 Å². The van der Waals surface area contributed by atoms with E-state index in [1.54, 1.807) is 53.1 Å². The normalized spacial score (nSPS) is 17.4. The fraction of sp³-hybridized carbons (Fsp3) is 0.222. The molecule has 35 heavy (non-hydrogen) atoms. The van der Waals surface area contributed by atoms with Crippen molar-refractivity contribution in [1.29, 1.82) is 0 Å². The lowest BCUT2D eigenvalue weighted by Gasteiger charge is -2.43. The molecule has 1 aliphatic rings. The molecule has 1 atom stereocenters. The first-order chi connectivity index (χ1) is 16.8. The molecule has 1 aliphatic heterocycles. The summed E-state index contributed by atoms with van der Waals surface area (Å²) in [5.74, 6) is -0.0139. The second-order valence-electron chi connectivity index (χ2n) is 9.04. The quantitative estimate of drug-likeness (QED) is 0.421. The number of halogens is 1. The van der Waals surface area contributed by atoms with Gasteiger partial charge in [-0.05, 0) is 73.9 Å². The van der Waals surface area contributed by atoms with Gasteiger partial charge < -0.3 is 9.73 Å². The Kier molecular flexibility index (Phi) is 5.73. The average molecular weight is 489 g/mol. The van der Waals surface area contributed by atoms with Crippen LogP contribution in [-0.2, 0) is 17.9 Å². The van der Waals surface area contributed by atoms with E-state index in [0.717, 1.165) is 16.7 Å². The van der Waals surface area contributed by atoms with E-state index in [0.29, 0.717) is 34.4 Å².